The molecule has 1 amide bonds. The molecule has 0 bridgehead atoms. The lowest BCUT2D eigenvalue weighted by Crippen LogP contribution is -2.39. The molecule has 8 nitrogen and oxygen atoms in total. The maximum atomic E-state index is 13.6. The van der Waals surface area contributed by atoms with Crippen molar-refractivity contribution in [2.45, 2.75) is 13.0 Å². The van der Waals surface area contributed by atoms with Crippen LogP contribution in [-0.2, 0) is 11.3 Å². The molecule has 4 rings (SSSR count). The summed E-state index contributed by atoms with van der Waals surface area (Å²) in [6, 6.07) is 12.6. The zero-order valence-corrected chi connectivity index (χ0v) is 19.1. The van der Waals surface area contributed by atoms with E-state index in [-0.39, 0.29) is 17.8 Å². The van der Waals surface area contributed by atoms with Gasteiger partial charge in [-0.2, -0.15) is 5.10 Å². The highest BCUT2D eigenvalue weighted by Crippen LogP contribution is 2.20. The van der Waals surface area contributed by atoms with Gasteiger partial charge < -0.3 is 9.84 Å². The maximum absolute atomic E-state index is 13.6. The van der Waals surface area contributed by atoms with E-state index in [1.807, 2.05) is 0 Å². The van der Waals surface area contributed by atoms with Gasteiger partial charge in [0.1, 0.15) is 11.6 Å². The number of amides is 1. The van der Waals surface area contributed by atoms with E-state index in [2.05, 4.69) is 10.00 Å². The number of benzene rings is 2. The molecule has 0 radical (unpaired) electrons. The van der Waals surface area contributed by atoms with Crippen molar-refractivity contribution in [2.24, 2.45) is 0 Å². The summed E-state index contributed by atoms with van der Waals surface area (Å²) in [6.45, 7) is 4.23. The Morgan fingerprint density at radius 3 is 2.51 bits per heavy atom. The van der Waals surface area contributed by atoms with E-state index >= 15 is 0 Å². The fourth-order valence-corrected chi connectivity index (χ4v) is 4.03. The number of morpholine rings is 1. The normalized spacial score (nSPS) is 14.1. The molecule has 1 aliphatic rings. The highest BCUT2D eigenvalue weighted by atomic mass is 19.1. The number of carboxylic acid groups (broad SMARTS) is 1. The number of rotatable bonds is 8. The van der Waals surface area contributed by atoms with Gasteiger partial charge in [-0.05, 0) is 42.3 Å². The number of anilines is 1. The van der Waals surface area contributed by atoms with Gasteiger partial charge in [-0.25, -0.2) is 18.3 Å². The molecule has 0 unspecified atom stereocenters. The lowest BCUT2D eigenvalue weighted by atomic mass is 10.1. The lowest BCUT2D eigenvalue weighted by Gasteiger charge is -2.27. The number of hydrogen-bond acceptors (Lipinski definition) is 5. The van der Waals surface area contributed by atoms with Crippen LogP contribution in [0.1, 0.15) is 12.0 Å². The number of hydrogen-bond donors (Lipinski definition) is 1. The second kappa shape index (κ2) is 11.2. The van der Waals surface area contributed by atoms with Gasteiger partial charge in [0, 0.05) is 49.6 Å². The molecule has 0 aliphatic carbocycles. The Labute approximate surface area is 201 Å². The molecule has 1 aliphatic heterocycles. The van der Waals surface area contributed by atoms with Crippen LogP contribution in [0.5, 0.6) is 0 Å². The fourth-order valence-electron chi connectivity index (χ4n) is 4.03. The monoisotopic (exact) mass is 484 g/mol. The topological polar surface area (TPSA) is 87.9 Å². The Hall–Kier alpha value is -3.63. The van der Waals surface area contributed by atoms with Crippen LogP contribution in [0.3, 0.4) is 0 Å². The predicted octanol–water partition coefficient (Wildman–Crippen LogP) is 3.44. The smallest absolute Gasteiger partial charge is 0.411 e. The van der Waals surface area contributed by atoms with Crippen LogP contribution in [0.15, 0.2) is 59.4 Å². The molecular formula is C25H26F2N4O4. The second-order valence-corrected chi connectivity index (χ2v) is 8.28. The van der Waals surface area contributed by atoms with Gasteiger partial charge in [0.15, 0.2) is 0 Å². The van der Waals surface area contributed by atoms with Gasteiger partial charge in [0.25, 0.3) is 5.56 Å². The summed E-state index contributed by atoms with van der Waals surface area (Å²) in [5.74, 6) is -1.48. The Balaban J connectivity index is 1.50. The van der Waals surface area contributed by atoms with Gasteiger partial charge in [0.2, 0.25) is 0 Å². The second-order valence-electron chi connectivity index (χ2n) is 8.28. The molecule has 2 aromatic carbocycles. The summed E-state index contributed by atoms with van der Waals surface area (Å²) >= 11 is 0. The molecule has 10 heteroatoms. The molecule has 1 aromatic heterocycles. The third-order valence-electron chi connectivity index (χ3n) is 5.77. The molecular weight excluding hydrogens is 458 g/mol. The predicted molar refractivity (Wildman–Crippen MR) is 127 cm³/mol. The van der Waals surface area contributed by atoms with Crippen molar-refractivity contribution in [1.82, 2.24) is 14.7 Å². The van der Waals surface area contributed by atoms with Crippen molar-refractivity contribution >= 4 is 11.8 Å². The third-order valence-corrected chi connectivity index (χ3v) is 5.77. The minimum absolute atomic E-state index is 0.0690. The van der Waals surface area contributed by atoms with Crippen LogP contribution in [0, 0.1) is 11.6 Å². The molecule has 1 fully saturated rings. The quantitative estimate of drug-likeness (QED) is 0.527. The molecule has 3 aromatic rings. The van der Waals surface area contributed by atoms with Crippen LogP contribution >= 0.6 is 0 Å². The van der Waals surface area contributed by atoms with Crippen LogP contribution in [0.4, 0.5) is 19.3 Å². The first-order valence-electron chi connectivity index (χ1n) is 11.3. The van der Waals surface area contributed by atoms with Gasteiger partial charge >= 0.3 is 6.09 Å². The number of halogens is 2. The van der Waals surface area contributed by atoms with Crippen LogP contribution in [0.25, 0.3) is 11.3 Å². The maximum Gasteiger partial charge on any atom is 0.411 e. The summed E-state index contributed by atoms with van der Waals surface area (Å²) in [5.41, 5.74) is 1.22. The van der Waals surface area contributed by atoms with Crippen molar-refractivity contribution in [3.63, 3.8) is 0 Å². The zero-order chi connectivity index (χ0) is 24.8. The van der Waals surface area contributed by atoms with Crippen molar-refractivity contribution in [3.05, 3.63) is 82.1 Å². The standard InChI is InChI=1S/C25H26F2N4O4/c26-20-14-19(15-21(27)16-20)23-5-6-24(32)31(28-23)17-18-3-1-4-22(13-18)30(25(33)34)8-2-7-29-9-11-35-12-10-29/h1,3-6,13-16H,2,7-12,17H2,(H,33,34). The highest BCUT2D eigenvalue weighted by Gasteiger charge is 2.17. The minimum atomic E-state index is -1.06. The average molecular weight is 485 g/mol. The summed E-state index contributed by atoms with van der Waals surface area (Å²) in [5, 5.41) is 14.0. The summed E-state index contributed by atoms with van der Waals surface area (Å²) in [6.07, 6.45) is -0.390. The lowest BCUT2D eigenvalue weighted by molar-refractivity contribution is 0.0376. The number of carbonyl (C=O) groups is 1. The molecule has 35 heavy (non-hydrogen) atoms. The van der Waals surface area contributed by atoms with E-state index in [9.17, 15) is 23.5 Å². The van der Waals surface area contributed by atoms with Crippen LogP contribution < -0.4 is 10.5 Å². The molecule has 0 atom stereocenters. The summed E-state index contributed by atoms with van der Waals surface area (Å²) in [4.78, 5) is 27.8. The molecule has 184 valence electrons. The van der Waals surface area contributed by atoms with E-state index in [4.69, 9.17) is 4.74 Å². The van der Waals surface area contributed by atoms with E-state index in [0.29, 0.717) is 37.4 Å². The minimum Gasteiger partial charge on any atom is -0.465 e. The van der Waals surface area contributed by atoms with Gasteiger partial charge in [-0.1, -0.05) is 12.1 Å². The first-order chi connectivity index (χ1) is 16.9. The van der Waals surface area contributed by atoms with Crippen molar-refractivity contribution in [1.29, 1.82) is 0 Å². The zero-order valence-electron chi connectivity index (χ0n) is 19.1. The van der Waals surface area contributed by atoms with Gasteiger partial charge in [-0.15, -0.1) is 0 Å². The van der Waals surface area contributed by atoms with Gasteiger partial charge in [-0.3, -0.25) is 14.6 Å². The molecule has 0 saturated carbocycles. The largest absolute Gasteiger partial charge is 0.465 e. The molecule has 1 N–H and O–H groups in total. The highest BCUT2D eigenvalue weighted by molar-refractivity contribution is 5.86. The summed E-state index contributed by atoms with van der Waals surface area (Å²) < 4.78 is 33.8. The summed E-state index contributed by atoms with van der Waals surface area (Å²) in [7, 11) is 0. The third kappa shape index (κ3) is 6.49. The van der Waals surface area contributed by atoms with Crippen molar-refractivity contribution in [3.8, 4) is 11.3 Å². The SMILES string of the molecule is O=C(O)N(CCCN1CCOCC1)c1cccc(Cn2nc(-c3cc(F)cc(F)c3)ccc2=O)c1. The average Bonchev–Trinajstić information content (AvgIpc) is 2.83. The van der Waals surface area contributed by atoms with E-state index in [1.165, 1.54) is 21.7 Å². The molecule has 0 spiro atoms. The first kappa shape index (κ1) is 24.5. The number of aromatic nitrogens is 2. The Kier molecular flexibility index (Phi) is 7.84. The number of nitrogens with zero attached hydrogens (tertiary/aromatic N) is 4. The fraction of sp³-hybridized carbons (Fsp3) is 0.320. The van der Waals surface area contributed by atoms with Crippen LogP contribution in [-0.4, -0.2) is 65.3 Å². The van der Waals surface area contributed by atoms with Gasteiger partial charge in [0.05, 0.1) is 25.5 Å². The van der Waals surface area contributed by atoms with Crippen LogP contribution in [0.2, 0.25) is 0 Å². The molecule has 2 heterocycles. The Morgan fingerprint density at radius 2 is 1.80 bits per heavy atom. The Morgan fingerprint density at radius 1 is 1.06 bits per heavy atom. The van der Waals surface area contributed by atoms with Crippen molar-refractivity contribution in [2.75, 3.05) is 44.3 Å². The Bertz CT molecular complexity index is 1220. The van der Waals surface area contributed by atoms with E-state index < -0.39 is 23.3 Å². The first-order valence-corrected chi connectivity index (χ1v) is 11.3. The number of ether oxygens (including phenoxy) is 1. The van der Waals surface area contributed by atoms with Crippen molar-refractivity contribution < 1.29 is 23.4 Å². The van der Waals surface area contributed by atoms with E-state index in [1.54, 1.807) is 24.3 Å². The van der Waals surface area contributed by atoms with E-state index in [0.717, 1.165) is 37.8 Å². The molecule has 1 saturated heterocycles.